The summed E-state index contributed by atoms with van der Waals surface area (Å²) in [7, 11) is 0. The molecule has 2 atom stereocenters. The summed E-state index contributed by atoms with van der Waals surface area (Å²) in [5.41, 5.74) is 0. The molecule has 2 unspecified atom stereocenters. The molecule has 1 heterocycles. The smallest absolute Gasteiger partial charge is 0.341 e. The zero-order chi connectivity index (χ0) is 15.0. The van der Waals surface area contributed by atoms with Crippen molar-refractivity contribution in [3.05, 3.63) is 0 Å². The van der Waals surface area contributed by atoms with Crippen LogP contribution in [0.5, 0.6) is 0 Å². The number of aliphatic carboxylic acids is 1. The number of nitrogens with one attached hydrogen (secondary N) is 1. The Morgan fingerprint density at radius 1 is 1.47 bits per heavy atom. The first-order valence-corrected chi connectivity index (χ1v) is 5.36. The fourth-order valence-electron chi connectivity index (χ4n) is 0.936. The maximum absolute atomic E-state index is 10.5. The molecule has 19 heavy (non-hydrogen) atoms. The summed E-state index contributed by atoms with van der Waals surface area (Å²) >= 11 is 0. The summed E-state index contributed by atoms with van der Waals surface area (Å²) < 4.78 is 4.17. The lowest BCUT2D eigenvalue weighted by molar-refractivity contribution is -0.161. The van der Waals surface area contributed by atoms with Crippen molar-refractivity contribution >= 4 is 23.8 Å². The van der Waals surface area contributed by atoms with E-state index in [4.69, 9.17) is 15.3 Å². The Labute approximate surface area is 108 Å². The minimum Gasteiger partial charge on any atom is -0.479 e. The minimum absolute atomic E-state index is 0.0845. The Bertz CT molecular complexity index is 367. The quantitative estimate of drug-likeness (QED) is 0.333. The molecule has 0 bridgehead atoms. The van der Waals surface area contributed by atoms with Gasteiger partial charge in [-0.15, -0.1) is 0 Å². The first-order valence-electron chi connectivity index (χ1n) is 5.36. The maximum atomic E-state index is 10.5. The number of hydrogen-bond acceptors (Lipinski definition) is 7. The lowest BCUT2D eigenvalue weighted by Gasteiger charge is -2.05. The standard InChI is InChI=1S/C6H10O5.C4H5NO3/c1-2-4(7)6(10)11-3-5(8)9;6-2-1-3(7)5-4(2)8/h4,7H,2-3H2,1H3,(H,8,9);2,6H,1H2,(H,5,7,8). The largest absolute Gasteiger partial charge is 0.479 e. The SMILES string of the molecule is CCC(O)C(=O)OCC(=O)O.O=C1CC(O)C(=O)N1. The molecule has 0 saturated carbocycles. The predicted molar refractivity (Wildman–Crippen MR) is 58.7 cm³/mol. The van der Waals surface area contributed by atoms with E-state index in [-0.39, 0.29) is 12.8 Å². The van der Waals surface area contributed by atoms with Crippen molar-refractivity contribution in [2.75, 3.05) is 6.61 Å². The van der Waals surface area contributed by atoms with Gasteiger partial charge in [-0.2, -0.15) is 0 Å². The summed E-state index contributed by atoms with van der Waals surface area (Å²) in [4.78, 5) is 40.8. The third kappa shape index (κ3) is 7.11. The maximum Gasteiger partial charge on any atom is 0.341 e. The first-order chi connectivity index (χ1) is 8.77. The second kappa shape index (κ2) is 8.16. The number of amides is 2. The highest BCUT2D eigenvalue weighted by molar-refractivity contribution is 6.04. The molecule has 0 spiro atoms. The molecular weight excluding hydrogens is 262 g/mol. The Balaban J connectivity index is 0.000000356. The van der Waals surface area contributed by atoms with E-state index >= 15 is 0 Å². The van der Waals surface area contributed by atoms with Crippen molar-refractivity contribution in [2.45, 2.75) is 32.0 Å². The number of ether oxygens (including phenoxy) is 1. The van der Waals surface area contributed by atoms with Gasteiger partial charge in [0.2, 0.25) is 5.91 Å². The summed E-state index contributed by atoms with van der Waals surface area (Å²) in [6.07, 6.45) is -2.19. The summed E-state index contributed by atoms with van der Waals surface area (Å²) in [6.45, 7) is 0.891. The van der Waals surface area contributed by atoms with Gasteiger partial charge in [0.05, 0.1) is 6.42 Å². The van der Waals surface area contributed by atoms with Gasteiger partial charge >= 0.3 is 11.9 Å². The van der Waals surface area contributed by atoms with Crippen LogP contribution in [-0.4, -0.2) is 57.9 Å². The second-order valence-electron chi connectivity index (χ2n) is 3.56. The number of hydrogen-bond donors (Lipinski definition) is 4. The second-order valence-corrected chi connectivity index (χ2v) is 3.56. The molecule has 0 aromatic rings. The molecule has 108 valence electrons. The van der Waals surface area contributed by atoms with Crippen LogP contribution in [0.1, 0.15) is 19.8 Å². The molecule has 1 saturated heterocycles. The van der Waals surface area contributed by atoms with Gasteiger partial charge < -0.3 is 20.1 Å². The highest BCUT2D eigenvalue weighted by Gasteiger charge is 2.27. The predicted octanol–water partition coefficient (Wildman–Crippen LogP) is -2.22. The highest BCUT2D eigenvalue weighted by atomic mass is 16.6. The van der Waals surface area contributed by atoms with Crippen LogP contribution in [0.25, 0.3) is 0 Å². The van der Waals surface area contributed by atoms with Crippen LogP contribution in [0.4, 0.5) is 0 Å². The Kier molecular flexibility index (Phi) is 7.30. The highest BCUT2D eigenvalue weighted by Crippen LogP contribution is 1.98. The average Bonchev–Trinajstić information content (AvgIpc) is 2.63. The summed E-state index contributed by atoms with van der Waals surface area (Å²) in [5, 5.41) is 27.3. The van der Waals surface area contributed by atoms with E-state index < -0.39 is 42.6 Å². The monoisotopic (exact) mass is 277 g/mol. The Morgan fingerprint density at radius 3 is 2.32 bits per heavy atom. The van der Waals surface area contributed by atoms with Crippen LogP contribution in [0, 0.1) is 0 Å². The fraction of sp³-hybridized carbons (Fsp3) is 0.600. The van der Waals surface area contributed by atoms with Crippen molar-refractivity contribution in [3.63, 3.8) is 0 Å². The van der Waals surface area contributed by atoms with Crippen LogP contribution in [0.15, 0.2) is 0 Å². The average molecular weight is 277 g/mol. The van der Waals surface area contributed by atoms with E-state index in [1.54, 1.807) is 6.92 Å². The summed E-state index contributed by atoms with van der Waals surface area (Å²) in [5.74, 6) is -3.12. The van der Waals surface area contributed by atoms with Gasteiger partial charge in [-0.1, -0.05) is 6.92 Å². The topological polar surface area (TPSA) is 150 Å². The molecule has 0 aliphatic carbocycles. The van der Waals surface area contributed by atoms with E-state index in [2.05, 4.69) is 4.74 Å². The molecule has 1 fully saturated rings. The molecular formula is C10H15NO8. The number of carbonyl (C=O) groups excluding carboxylic acids is 3. The molecule has 1 aliphatic heterocycles. The third-order valence-electron chi connectivity index (χ3n) is 1.94. The van der Waals surface area contributed by atoms with E-state index in [0.717, 1.165) is 0 Å². The van der Waals surface area contributed by atoms with E-state index in [9.17, 15) is 19.2 Å². The van der Waals surface area contributed by atoms with Gasteiger partial charge in [0.1, 0.15) is 6.10 Å². The molecule has 9 nitrogen and oxygen atoms in total. The minimum atomic E-state index is -1.23. The third-order valence-corrected chi connectivity index (χ3v) is 1.94. The molecule has 0 aromatic heterocycles. The number of esters is 1. The van der Waals surface area contributed by atoms with Crippen LogP contribution < -0.4 is 5.32 Å². The lowest BCUT2D eigenvalue weighted by Crippen LogP contribution is -2.24. The van der Waals surface area contributed by atoms with Gasteiger partial charge in [-0.25, -0.2) is 9.59 Å². The van der Waals surface area contributed by atoms with Crippen molar-refractivity contribution in [3.8, 4) is 0 Å². The number of carboxylic acids is 1. The van der Waals surface area contributed by atoms with Crippen LogP contribution >= 0.6 is 0 Å². The first kappa shape index (κ1) is 17.0. The van der Waals surface area contributed by atoms with Gasteiger partial charge in [0.25, 0.3) is 5.91 Å². The fourth-order valence-corrected chi connectivity index (χ4v) is 0.936. The van der Waals surface area contributed by atoms with E-state index in [1.165, 1.54) is 0 Å². The number of carbonyl (C=O) groups is 4. The van der Waals surface area contributed by atoms with Crippen molar-refractivity contribution < 1.29 is 39.2 Å². The normalized spacial score (nSPS) is 19.0. The van der Waals surface area contributed by atoms with Crippen molar-refractivity contribution in [1.29, 1.82) is 0 Å². The van der Waals surface area contributed by atoms with Gasteiger partial charge in [0, 0.05) is 0 Å². The molecule has 4 N–H and O–H groups in total. The van der Waals surface area contributed by atoms with Gasteiger partial charge in [-0.3, -0.25) is 14.9 Å². The van der Waals surface area contributed by atoms with E-state index in [1.807, 2.05) is 5.32 Å². The summed E-state index contributed by atoms with van der Waals surface area (Å²) in [6, 6.07) is 0. The number of aliphatic hydroxyl groups excluding tert-OH is 2. The zero-order valence-electron chi connectivity index (χ0n) is 10.2. The van der Waals surface area contributed by atoms with Crippen molar-refractivity contribution in [1.82, 2.24) is 5.32 Å². The van der Waals surface area contributed by atoms with E-state index in [0.29, 0.717) is 0 Å². The van der Waals surface area contributed by atoms with Crippen LogP contribution in [-0.2, 0) is 23.9 Å². The number of carboxylic acid groups (broad SMARTS) is 1. The van der Waals surface area contributed by atoms with Gasteiger partial charge in [-0.05, 0) is 6.42 Å². The molecule has 1 rings (SSSR count). The zero-order valence-corrected chi connectivity index (χ0v) is 10.2. The van der Waals surface area contributed by atoms with Crippen LogP contribution in [0.2, 0.25) is 0 Å². The molecule has 0 aromatic carbocycles. The molecule has 0 radical (unpaired) electrons. The number of imide groups is 1. The molecule has 9 heteroatoms. The molecule has 2 amide bonds. The lowest BCUT2D eigenvalue weighted by atomic mass is 10.3. The number of rotatable bonds is 4. The van der Waals surface area contributed by atoms with Crippen LogP contribution in [0.3, 0.4) is 0 Å². The van der Waals surface area contributed by atoms with Gasteiger partial charge in [0.15, 0.2) is 12.7 Å². The Hall–Kier alpha value is -2.00. The Morgan fingerprint density at radius 2 is 2.05 bits per heavy atom. The number of aliphatic hydroxyl groups is 2. The molecule has 1 aliphatic rings. The van der Waals surface area contributed by atoms with Crippen molar-refractivity contribution in [2.24, 2.45) is 0 Å².